The van der Waals surface area contributed by atoms with Crippen LogP contribution in [0.15, 0.2) is 18.2 Å². The number of methoxy groups -OCH3 is 1. The topological polar surface area (TPSA) is 47.9 Å². The largest absolute Gasteiger partial charge is 0.497 e. The molecule has 0 aromatic heterocycles. The monoisotopic (exact) mass is 264 g/mol. The normalized spacial score (nSPS) is 32.4. The van der Waals surface area contributed by atoms with Crippen LogP contribution in [0, 0.1) is 0 Å². The van der Waals surface area contributed by atoms with Crippen LogP contribution in [0.2, 0.25) is 0 Å². The molecule has 0 amide bonds. The minimum atomic E-state index is -0.485. The van der Waals surface area contributed by atoms with E-state index in [1.165, 1.54) is 0 Å². The molecule has 0 radical (unpaired) electrons. The van der Waals surface area contributed by atoms with Crippen molar-refractivity contribution in [2.45, 2.75) is 44.0 Å². The van der Waals surface area contributed by atoms with Crippen molar-refractivity contribution < 1.29 is 19.3 Å². The van der Waals surface area contributed by atoms with Crippen LogP contribution in [-0.2, 0) is 4.74 Å². The van der Waals surface area contributed by atoms with Crippen molar-refractivity contribution in [3.8, 4) is 11.5 Å². The first-order valence-corrected chi connectivity index (χ1v) is 6.82. The lowest BCUT2D eigenvalue weighted by Crippen LogP contribution is -2.55. The van der Waals surface area contributed by atoms with Gasteiger partial charge in [0.1, 0.15) is 17.1 Å². The molecule has 3 rings (SSSR count). The summed E-state index contributed by atoms with van der Waals surface area (Å²) in [4.78, 5) is 0. The lowest BCUT2D eigenvalue weighted by atomic mass is 9.71. The third-order valence-corrected chi connectivity index (χ3v) is 4.07. The minimum absolute atomic E-state index is 0.235. The third-order valence-electron chi connectivity index (χ3n) is 4.07. The molecule has 1 spiro atoms. The molecule has 1 atom stereocenters. The maximum absolute atomic E-state index is 10.3. The number of aliphatic hydroxyl groups is 1. The highest BCUT2D eigenvalue weighted by molar-refractivity contribution is 5.44. The quantitative estimate of drug-likeness (QED) is 0.911. The predicted molar refractivity (Wildman–Crippen MR) is 70.6 cm³/mol. The summed E-state index contributed by atoms with van der Waals surface area (Å²) in [5.41, 5.74) is 0.589. The van der Waals surface area contributed by atoms with Crippen LogP contribution < -0.4 is 9.47 Å². The SMILES string of the molecule is CCOC1CC2(C1)C[C@H](O)c1cc(OC)ccc1O2. The van der Waals surface area contributed by atoms with Gasteiger partial charge in [-0.15, -0.1) is 0 Å². The molecule has 0 unspecified atom stereocenters. The maximum atomic E-state index is 10.3. The Morgan fingerprint density at radius 1 is 1.37 bits per heavy atom. The Bertz CT molecular complexity index is 465. The average Bonchev–Trinajstić information content (AvgIpc) is 2.37. The van der Waals surface area contributed by atoms with Crippen LogP contribution in [0.3, 0.4) is 0 Å². The van der Waals surface area contributed by atoms with Gasteiger partial charge in [-0.05, 0) is 25.1 Å². The standard InChI is InChI=1S/C15H20O4/c1-3-18-11-7-15(8-11)9-13(16)12-6-10(17-2)4-5-14(12)19-15/h4-6,11,13,16H,3,7-9H2,1-2H3/t11?,13-,15?/m0/s1. The zero-order valence-electron chi connectivity index (χ0n) is 11.4. The molecule has 4 nitrogen and oxygen atoms in total. The Kier molecular flexibility index (Phi) is 3.15. The molecule has 4 heteroatoms. The number of hydrogen-bond acceptors (Lipinski definition) is 4. The second kappa shape index (κ2) is 4.69. The fourth-order valence-corrected chi connectivity index (χ4v) is 3.12. The molecule has 0 bridgehead atoms. The number of ether oxygens (including phenoxy) is 3. The molecular formula is C15H20O4. The third kappa shape index (κ3) is 2.19. The van der Waals surface area contributed by atoms with Crippen molar-refractivity contribution in [3.63, 3.8) is 0 Å². The zero-order valence-corrected chi connectivity index (χ0v) is 11.4. The second-order valence-electron chi connectivity index (χ2n) is 5.39. The molecule has 1 aromatic carbocycles. The van der Waals surface area contributed by atoms with Crippen molar-refractivity contribution >= 4 is 0 Å². The predicted octanol–water partition coefficient (Wildman–Crippen LogP) is 2.45. The highest BCUT2D eigenvalue weighted by atomic mass is 16.5. The summed E-state index contributed by atoms with van der Waals surface area (Å²) in [5, 5.41) is 10.3. The number of aliphatic hydroxyl groups excluding tert-OH is 1. The van der Waals surface area contributed by atoms with E-state index in [1.54, 1.807) is 7.11 Å². The van der Waals surface area contributed by atoms with Gasteiger partial charge in [-0.3, -0.25) is 0 Å². The fraction of sp³-hybridized carbons (Fsp3) is 0.600. The summed E-state index contributed by atoms with van der Waals surface area (Å²) in [6, 6.07) is 5.60. The number of fused-ring (bicyclic) bond motifs is 1. The smallest absolute Gasteiger partial charge is 0.126 e. The molecule has 19 heavy (non-hydrogen) atoms. The molecule has 1 heterocycles. The maximum Gasteiger partial charge on any atom is 0.126 e. The van der Waals surface area contributed by atoms with E-state index in [-0.39, 0.29) is 11.7 Å². The van der Waals surface area contributed by atoms with Crippen LogP contribution >= 0.6 is 0 Å². The van der Waals surface area contributed by atoms with E-state index in [0.29, 0.717) is 6.42 Å². The molecule has 1 saturated carbocycles. The summed E-state index contributed by atoms with van der Waals surface area (Å²) in [6.45, 7) is 2.74. The molecule has 1 aliphatic carbocycles. The first kappa shape index (κ1) is 12.8. The van der Waals surface area contributed by atoms with Crippen LogP contribution in [0.5, 0.6) is 11.5 Å². The number of hydrogen-bond donors (Lipinski definition) is 1. The van der Waals surface area contributed by atoms with Gasteiger partial charge in [0.05, 0.1) is 19.3 Å². The van der Waals surface area contributed by atoms with Crippen molar-refractivity contribution in [1.29, 1.82) is 0 Å². The summed E-state index contributed by atoms with van der Waals surface area (Å²) < 4.78 is 16.9. The minimum Gasteiger partial charge on any atom is -0.497 e. The van der Waals surface area contributed by atoms with Crippen LogP contribution in [0.4, 0.5) is 0 Å². The van der Waals surface area contributed by atoms with Crippen LogP contribution in [0.1, 0.15) is 37.9 Å². The Balaban J connectivity index is 1.78. The first-order valence-electron chi connectivity index (χ1n) is 6.82. The van der Waals surface area contributed by atoms with Gasteiger partial charge >= 0.3 is 0 Å². The highest BCUT2D eigenvalue weighted by Gasteiger charge is 2.51. The van der Waals surface area contributed by atoms with Crippen molar-refractivity contribution in [1.82, 2.24) is 0 Å². The Morgan fingerprint density at radius 3 is 2.84 bits per heavy atom. The molecule has 1 fully saturated rings. The number of benzene rings is 1. The number of rotatable bonds is 3. The van der Waals surface area contributed by atoms with Gasteiger partial charge in [0.25, 0.3) is 0 Å². The van der Waals surface area contributed by atoms with Gasteiger partial charge < -0.3 is 19.3 Å². The van der Waals surface area contributed by atoms with E-state index < -0.39 is 6.10 Å². The summed E-state index contributed by atoms with van der Waals surface area (Å²) >= 11 is 0. The van der Waals surface area contributed by atoms with Gasteiger partial charge in [0.2, 0.25) is 0 Å². The van der Waals surface area contributed by atoms with Crippen LogP contribution in [0.25, 0.3) is 0 Å². The van der Waals surface area contributed by atoms with E-state index in [9.17, 15) is 5.11 Å². The Morgan fingerprint density at radius 2 is 2.16 bits per heavy atom. The Hall–Kier alpha value is -1.26. The second-order valence-corrected chi connectivity index (χ2v) is 5.39. The Labute approximate surface area is 113 Å². The first-order chi connectivity index (χ1) is 9.15. The van der Waals surface area contributed by atoms with Gasteiger partial charge in [-0.25, -0.2) is 0 Å². The molecule has 1 N–H and O–H groups in total. The van der Waals surface area contributed by atoms with Gasteiger partial charge in [0.15, 0.2) is 0 Å². The molecule has 0 saturated heterocycles. The molecular weight excluding hydrogens is 244 g/mol. The molecule has 104 valence electrons. The van der Waals surface area contributed by atoms with Gasteiger partial charge in [-0.2, -0.15) is 0 Å². The average molecular weight is 264 g/mol. The van der Waals surface area contributed by atoms with Gasteiger partial charge in [0, 0.05) is 31.4 Å². The highest BCUT2D eigenvalue weighted by Crippen LogP contribution is 2.50. The van der Waals surface area contributed by atoms with E-state index >= 15 is 0 Å². The van der Waals surface area contributed by atoms with Crippen molar-refractivity contribution in [2.24, 2.45) is 0 Å². The fourth-order valence-electron chi connectivity index (χ4n) is 3.12. The van der Waals surface area contributed by atoms with Crippen molar-refractivity contribution in [3.05, 3.63) is 23.8 Å². The summed E-state index contributed by atoms with van der Waals surface area (Å²) in [6.07, 6.45) is 2.15. The zero-order chi connectivity index (χ0) is 13.5. The molecule has 1 aromatic rings. The van der Waals surface area contributed by atoms with Crippen molar-refractivity contribution in [2.75, 3.05) is 13.7 Å². The van der Waals surface area contributed by atoms with Crippen LogP contribution in [-0.4, -0.2) is 30.5 Å². The lowest BCUT2D eigenvalue weighted by Gasteiger charge is -2.50. The summed E-state index contributed by atoms with van der Waals surface area (Å²) in [7, 11) is 1.62. The lowest BCUT2D eigenvalue weighted by molar-refractivity contribution is -0.147. The van der Waals surface area contributed by atoms with E-state index in [2.05, 4.69) is 0 Å². The van der Waals surface area contributed by atoms with E-state index in [0.717, 1.165) is 36.5 Å². The molecule has 1 aliphatic heterocycles. The molecule has 2 aliphatic rings. The summed E-state index contributed by atoms with van der Waals surface area (Å²) in [5.74, 6) is 1.52. The van der Waals surface area contributed by atoms with E-state index in [4.69, 9.17) is 14.2 Å². The van der Waals surface area contributed by atoms with Gasteiger partial charge in [-0.1, -0.05) is 0 Å². The van der Waals surface area contributed by atoms with E-state index in [1.807, 2.05) is 25.1 Å².